The number of hydrogen-bond donors (Lipinski definition) is 0. The Labute approximate surface area is 251 Å². The molecule has 0 aromatic heterocycles. The Morgan fingerprint density at radius 2 is 0.905 bits per heavy atom. The summed E-state index contributed by atoms with van der Waals surface area (Å²) in [5.74, 6) is 0. The average Bonchev–Trinajstić information content (AvgIpc) is 2.98. The highest BCUT2D eigenvalue weighted by Crippen LogP contribution is 2.29. The second-order valence-corrected chi connectivity index (χ2v) is 12.8. The molecule has 4 atom stereocenters. The van der Waals surface area contributed by atoms with E-state index in [-0.39, 0.29) is 21.2 Å². The summed E-state index contributed by atoms with van der Waals surface area (Å²) in [4.78, 5) is 26.4. The van der Waals surface area contributed by atoms with Gasteiger partial charge in [-0.25, -0.2) is 0 Å². The molecule has 2 aliphatic rings. The van der Waals surface area contributed by atoms with Crippen molar-refractivity contribution in [2.75, 3.05) is 14.1 Å². The first-order valence-corrected chi connectivity index (χ1v) is 16.2. The number of hydrogen-bond acceptors (Lipinski definition) is 6. The van der Waals surface area contributed by atoms with E-state index in [0.29, 0.717) is 24.2 Å². The van der Waals surface area contributed by atoms with Crippen LogP contribution in [0, 0.1) is 20.2 Å². The van der Waals surface area contributed by atoms with E-state index in [1.807, 2.05) is 24.3 Å². The molecule has 2 aliphatic heterocycles. The molecule has 0 N–H and O–H groups in total. The Bertz CT molecular complexity index is 1030. The number of piperidine rings is 2. The highest BCUT2D eigenvalue weighted by atomic mass is 16.6. The number of benzene rings is 2. The number of likely N-dealkylation sites (tertiary alicyclic amines) is 2. The molecule has 8 nitrogen and oxygen atoms in total. The van der Waals surface area contributed by atoms with Gasteiger partial charge in [-0.15, -0.1) is 0 Å². The summed E-state index contributed by atoms with van der Waals surface area (Å²) >= 11 is 0. The first-order chi connectivity index (χ1) is 20.3. The highest BCUT2D eigenvalue weighted by Gasteiger charge is 2.28. The zero-order valence-electron chi connectivity index (χ0n) is 25.7. The molecule has 0 spiro atoms. The Morgan fingerprint density at radius 3 is 1.26 bits per heavy atom. The van der Waals surface area contributed by atoms with Crippen molar-refractivity contribution in [2.45, 2.75) is 127 Å². The molecule has 0 radical (unpaired) electrons. The molecular weight excluding hydrogens is 528 g/mol. The molecule has 0 aliphatic carbocycles. The fourth-order valence-electron chi connectivity index (χ4n) is 7.30. The number of unbranched alkanes of at least 4 members (excludes halogenated alkanes) is 5. The summed E-state index contributed by atoms with van der Waals surface area (Å²) in [5.41, 5.74) is 2.72. The van der Waals surface area contributed by atoms with Crippen LogP contribution in [0.5, 0.6) is 0 Å². The number of nitrogens with zero attached hydrogens (tertiary/aromatic N) is 4. The molecular formula is C34H50N4O4. The molecule has 230 valence electrons. The van der Waals surface area contributed by atoms with Crippen LogP contribution in [0.1, 0.15) is 101 Å². The van der Waals surface area contributed by atoms with E-state index in [0.717, 1.165) is 12.8 Å². The summed E-state index contributed by atoms with van der Waals surface area (Å²) in [6, 6.07) is 16.6. The third-order valence-corrected chi connectivity index (χ3v) is 10.0. The topological polar surface area (TPSA) is 92.8 Å². The summed E-state index contributed by atoms with van der Waals surface area (Å²) in [5, 5.41) is 21.9. The maximum absolute atomic E-state index is 10.9. The average molecular weight is 579 g/mol. The van der Waals surface area contributed by atoms with Crippen molar-refractivity contribution in [3.8, 4) is 0 Å². The molecule has 2 aromatic carbocycles. The van der Waals surface area contributed by atoms with Crippen LogP contribution >= 0.6 is 0 Å². The highest BCUT2D eigenvalue weighted by molar-refractivity contribution is 5.34. The predicted octanol–water partition coefficient (Wildman–Crippen LogP) is 8.11. The van der Waals surface area contributed by atoms with Crippen molar-refractivity contribution in [3.05, 3.63) is 79.9 Å². The van der Waals surface area contributed by atoms with Gasteiger partial charge in [0.25, 0.3) is 11.4 Å². The van der Waals surface area contributed by atoms with Gasteiger partial charge in [-0.05, 0) is 76.6 Å². The second kappa shape index (κ2) is 16.1. The monoisotopic (exact) mass is 578 g/mol. The summed E-state index contributed by atoms with van der Waals surface area (Å²) in [6.45, 7) is 0. The maximum Gasteiger partial charge on any atom is 0.269 e. The number of rotatable bonds is 15. The smallest absolute Gasteiger partial charge is 0.269 e. The van der Waals surface area contributed by atoms with E-state index >= 15 is 0 Å². The maximum atomic E-state index is 10.9. The zero-order valence-corrected chi connectivity index (χ0v) is 25.7. The van der Waals surface area contributed by atoms with Gasteiger partial charge in [-0.3, -0.25) is 20.2 Å². The van der Waals surface area contributed by atoms with Gasteiger partial charge in [0.1, 0.15) is 0 Å². The van der Waals surface area contributed by atoms with Gasteiger partial charge in [0.15, 0.2) is 0 Å². The minimum Gasteiger partial charge on any atom is -0.300 e. The Morgan fingerprint density at radius 1 is 0.571 bits per heavy atom. The van der Waals surface area contributed by atoms with Gasteiger partial charge in [0.05, 0.1) is 9.85 Å². The molecule has 4 rings (SSSR count). The SMILES string of the molecule is CN1C(CCCCCCCCC2CCCC(Cc3ccc([N+](=O)[O-])cc3)N2C)CCCC1Cc1ccc([N+](=O)[O-])cc1. The molecule has 0 saturated carbocycles. The van der Waals surface area contributed by atoms with Crippen LogP contribution in [-0.4, -0.2) is 57.9 Å². The quantitative estimate of drug-likeness (QED) is 0.120. The molecule has 8 heteroatoms. The summed E-state index contributed by atoms with van der Waals surface area (Å²) < 4.78 is 0. The number of nitro groups is 2. The van der Waals surface area contributed by atoms with Gasteiger partial charge in [0, 0.05) is 48.4 Å². The van der Waals surface area contributed by atoms with Crippen molar-refractivity contribution >= 4 is 11.4 Å². The standard InChI is InChI=1S/C34H50N4O4/c1-35-29(13-9-15-33(35)25-27-17-21-31(22-18-27)37(39)40)11-7-5-3-4-6-8-12-30-14-10-16-34(36(30)2)26-28-19-23-32(24-20-28)38(41)42/h17-24,29-30,33-34H,3-16,25-26H2,1-2H3. The normalized spacial score (nSPS) is 23.6. The molecule has 4 unspecified atom stereocenters. The fourth-order valence-corrected chi connectivity index (χ4v) is 7.30. The van der Waals surface area contributed by atoms with Crippen LogP contribution in [0.2, 0.25) is 0 Å². The van der Waals surface area contributed by atoms with Crippen molar-refractivity contribution in [2.24, 2.45) is 0 Å². The Hall–Kier alpha value is -2.84. The molecule has 2 saturated heterocycles. The predicted molar refractivity (Wildman–Crippen MR) is 169 cm³/mol. The molecule has 42 heavy (non-hydrogen) atoms. The molecule has 0 amide bonds. The molecule has 2 fully saturated rings. The minimum atomic E-state index is -0.328. The third-order valence-electron chi connectivity index (χ3n) is 10.0. The van der Waals surface area contributed by atoms with Crippen LogP contribution in [0.15, 0.2) is 48.5 Å². The zero-order chi connectivity index (χ0) is 29.9. The third kappa shape index (κ3) is 9.33. The lowest BCUT2D eigenvalue weighted by Gasteiger charge is -2.40. The van der Waals surface area contributed by atoms with Crippen molar-refractivity contribution in [3.63, 3.8) is 0 Å². The van der Waals surface area contributed by atoms with E-state index in [1.165, 1.54) is 101 Å². The van der Waals surface area contributed by atoms with E-state index in [9.17, 15) is 20.2 Å². The first-order valence-electron chi connectivity index (χ1n) is 16.2. The van der Waals surface area contributed by atoms with E-state index in [2.05, 4.69) is 23.9 Å². The van der Waals surface area contributed by atoms with Crippen LogP contribution < -0.4 is 0 Å². The van der Waals surface area contributed by atoms with Crippen LogP contribution in [-0.2, 0) is 12.8 Å². The lowest BCUT2D eigenvalue weighted by molar-refractivity contribution is -0.385. The van der Waals surface area contributed by atoms with Gasteiger partial charge < -0.3 is 9.80 Å². The number of non-ortho nitro benzene ring substituents is 2. The minimum absolute atomic E-state index is 0.167. The second-order valence-electron chi connectivity index (χ2n) is 12.8. The fraction of sp³-hybridized carbons (Fsp3) is 0.647. The van der Waals surface area contributed by atoms with Gasteiger partial charge >= 0.3 is 0 Å². The van der Waals surface area contributed by atoms with Crippen LogP contribution in [0.3, 0.4) is 0 Å². The Kier molecular flexibility index (Phi) is 12.3. The van der Waals surface area contributed by atoms with Crippen molar-refractivity contribution < 1.29 is 9.85 Å². The van der Waals surface area contributed by atoms with Gasteiger partial charge in [-0.1, -0.05) is 75.6 Å². The van der Waals surface area contributed by atoms with E-state index < -0.39 is 0 Å². The van der Waals surface area contributed by atoms with Crippen molar-refractivity contribution in [1.82, 2.24) is 9.80 Å². The van der Waals surface area contributed by atoms with Crippen LogP contribution in [0.25, 0.3) is 0 Å². The first kappa shape index (κ1) is 32.1. The molecule has 0 bridgehead atoms. The van der Waals surface area contributed by atoms with E-state index in [1.54, 1.807) is 24.3 Å². The number of likely N-dealkylation sites (N-methyl/N-ethyl adjacent to an activating group) is 2. The largest absolute Gasteiger partial charge is 0.300 e. The van der Waals surface area contributed by atoms with Crippen molar-refractivity contribution in [1.29, 1.82) is 0 Å². The summed E-state index contributed by atoms with van der Waals surface area (Å²) in [7, 11) is 4.55. The molecule has 2 heterocycles. The molecule has 2 aromatic rings. The van der Waals surface area contributed by atoms with Gasteiger partial charge in [-0.2, -0.15) is 0 Å². The Balaban J connectivity index is 1.08. The lowest BCUT2D eigenvalue weighted by Crippen LogP contribution is -2.44. The van der Waals surface area contributed by atoms with E-state index in [4.69, 9.17) is 0 Å². The lowest BCUT2D eigenvalue weighted by atomic mass is 9.89. The van der Waals surface area contributed by atoms with Crippen LogP contribution in [0.4, 0.5) is 11.4 Å². The summed E-state index contributed by atoms with van der Waals surface area (Å²) in [6.07, 6.45) is 19.9. The van der Waals surface area contributed by atoms with Gasteiger partial charge in [0.2, 0.25) is 0 Å². The number of nitro benzene ring substituents is 2.